The maximum absolute atomic E-state index is 6.12. The number of hydrogen-bond donors (Lipinski definition) is 0. The van der Waals surface area contributed by atoms with Gasteiger partial charge in [0.25, 0.3) is 0 Å². The molecule has 0 saturated carbocycles. The van der Waals surface area contributed by atoms with Crippen LogP contribution in [0.2, 0.25) is 0 Å². The summed E-state index contributed by atoms with van der Waals surface area (Å²) in [5.74, 6) is 0.936. The summed E-state index contributed by atoms with van der Waals surface area (Å²) in [5.41, 5.74) is 3.73. The van der Waals surface area contributed by atoms with Crippen molar-refractivity contribution >= 4 is 22.3 Å². The van der Waals surface area contributed by atoms with Crippen LogP contribution < -0.4 is 0 Å². The van der Waals surface area contributed by atoms with E-state index >= 15 is 0 Å². The lowest BCUT2D eigenvalue weighted by atomic mass is 10.1. The van der Waals surface area contributed by atoms with E-state index in [0.29, 0.717) is 0 Å². The number of nitrogens with zero attached hydrogens (tertiary/aromatic N) is 2. The highest BCUT2D eigenvalue weighted by atomic mass is 79.9. The van der Waals surface area contributed by atoms with Gasteiger partial charge in [0.15, 0.2) is 0 Å². The molecule has 2 rings (SSSR count). The van der Waals surface area contributed by atoms with Crippen LogP contribution in [0, 0.1) is 0 Å². The molecule has 1 aromatic rings. The first kappa shape index (κ1) is 22.5. The van der Waals surface area contributed by atoms with Crippen molar-refractivity contribution in [2.75, 3.05) is 20.2 Å². The van der Waals surface area contributed by atoms with Crippen LogP contribution >= 0.6 is 15.9 Å². The molecule has 0 bridgehead atoms. The Morgan fingerprint density at radius 1 is 1.21 bits per heavy atom. The van der Waals surface area contributed by atoms with Gasteiger partial charge >= 0.3 is 0 Å². The molecule has 28 heavy (non-hydrogen) atoms. The number of benzene rings is 1. The predicted octanol–water partition coefficient (Wildman–Crippen LogP) is 6.63. The predicted molar refractivity (Wildman–Crippen MR) is 124 cm³/mol. The SMILES string of the molecule is CCN(C)C=NC1=C(C)CCCC=C(OCCCCc2ccccc2)C(Br)=C1. The van der Waals surface area contributed by atoms with Crippen molar-refractivity contribution in [1.82, 2.24) is 4.90 Å². The van der Waals surface area contributed by atoms with Crippen LogP contribution in [0.1, 0.15) is 51.5 Å². The number of aliphatic imine (C=N–C) groups is 1. The number of hydrogen-bond acceptors (Lipinski definition) is 2. The third-order valence-electron chi connectivity index (χ3n) is 4.87. The second-order valence-corrected chi connectivity index (χ2v) is 8.08. The third-order valence-corrected chi connectivity index (χ3v) is 5.49. The molecule has 1 aliphatic rings. The fraction of sp³-hybridized carbons (Fsp3) is 0.458. The quantitative estimate of drug-likeness (QED) is 0.242. The van der Waals surface area contributed by atoms with Crippen molar-refractivity contribution in [2.24, 2.45) is 4.99 Å². The number of allylic oxidation sites excluding steroid dienone is 4. The summed E-state index contributed by atoms with van der Waals surface area (Å²) in [6.45, 7) is 5.97. The highest BCUT2D eigenvalue weighted by Gasteiger charge is 2.09. The third kappa shape index (κ3) is 8.05. The van der Waals surface area contributed by atoms with Gasteiger partial charge in [0.05, 0.1) is 23.1 Å². The van der Waals surface area contributed by atoms with Crippen LogP contribution in [0.5, 0.6) is 0 Å². The molecule has 0 heterocycles. The van der Waals surface area contributed by atoms with Gasteiger partial charge in [0, 0.05) is 13.6 Å². The summed E-state index contributed by atoms with van der Waals surface area (Å²) in [5, 5.41) is 0. The summed E-state index contributed by atoms with van der Waals surface area (Å²) in [6, 6.07) is 10.6. The molecule has 0 N–H and O–H groups in total. The lowest BCUT2D eigenvalue weighted by Gasteiger charge is -2.11. The van der Waals surface area contributed by atoms with Gasteiger partial charge in [-0.1, -0.05) is 30.3 Å². The van der Waals surface area contributed by atoms with Crippen molar-refractivity contribution in [1.29, 1.82) is 0 Å². The number of ether oxygens (including phenoxy) is 1. The fourth-order valence-corrected chi connectivity index (χ4v) is 3.41. The van der Waals surface area contributed by atoms with Crippen molar-refractivity contribution in [3.8, 4) is 0 Å². The molecule has 1 aromatic carbocycles. The minimum atomic E-state index is 0.738. The lowest BCUT2D eigenvalue weighted by Crippen LogP contribution is -2.14. The van der Waals surface area contributed by atoms with E-state index in [1.165, 1.54) is 11.1 Å². The Hall–Kier alpha value is -1.81. The van der Waals surface area contributed by atoms with Crippen molar-refractivity contribution < 1.29 is 4.74 Å². The first-order chi connectivity index (χ1) is 13.6. The molecular weight excluding hydrogens is 412 g/mol. The van der Waals surface area contributed by atoms with Crippen LogP contribution in [0.4, 0.5) is 0 Å². The van der Waals surface area contributed by atoms with Crippen LogP contribution in [0.3, 0.4) is 0 Å². The minimum Gasteiger partial charge on any atom is -0.493 e. The molecule has 0 amide bonds. The Morgan fingerprint density at radius 3 is 2.75 bits per heavy atom. The smallest absolute Gasteiger partial charge is 0.129 e. The average molecular weight is 445 g/mol. The van der Waals surface area contributed by atoms with Crippen LogP contribution in [0.15, 0.2) is 69.0 Å². The van der Waals surface area contributed by atoms with Gasteiger partial charge < -0.3 is 9.64 Å². The van der Waals surface area contributed by atoms with E-state index in [1.54, 1.807) is 0 Å². The number of rotatable bonds is 9. The topological polar surface area (TPSA) is 24.8 Å². The summed E-state index contributed by atoms with van der Waals surface area (Å²) >= 11 is 3.72. The molecule has 4 heteroatoms. The van der Waals surface area contributed by atoms with E-state index in [9.17, 15) is 0 Å². The van der Waals surface area contributed by atoms with Gasteiger partial charge in [-0.15, -0.1) is 0 Å². The molecule has 1 aliphatic carbocycles. The van der Waals surface area contributed by atoms with Crippen molar-refractivity contribution in [2.45, 2.75) is 52.4 Å². The Bertz CT molecular complexity index is 719. The molecule has 0 aliphatic heterocycles. The van der Waals surface area contributed by atoms with E-state index in [0.717, 1.165) is 67.6 Å². The van der Waals surface area contributed by atoms with Crippen molar-refractivity contribution in [3.63, 3.8) is 0 Å². The maximum Gasteiger partial charge on any atom is 0.129 e. The normalized spacial score (nSPS) is 15.6. The molecular formula is C24H33BrN2O. The zero-order valence-corrected chi connectivity index (χ0v) is 19.0. The highest BCUT2D eigenvalue weighted by Crippen LogP contribution is 2.27. The summed E-state index contributed by atoms with van der Waals surface area (Å²) in [4.78, 5) is 6.78. The average Bonchev–Trinajstić information content (AvgIpc) is 2.77. The Kier molecular flexibility index (Phi) is 10.1. The highest BCUT2D eigenvalue weighted by molar-refractivity contribution is 9.12. The van der Waals surface area contributed by atoms with E-state index in [2.05, 4.69) is 77.2 Å². The van der Waals surface area contributed by atoms with Crippen molar-refractivity contribution in [3.05, 3.63) is 69.6 Å². The van der Waals surface area contributed by atoms with Crippen LogP contribution in [-0.2, 0) is 11.2 Å². The van der Waals surface area contributed by atoms with Gasteiger partial charge in [0.1, 0.15) is 5.76 Å². The second-order valence-electron chi connectivity index (χ2n) is 7.23. The molecule has 3 nitrogen and oxygen atoms in total. The Balaban J connectivity index is 1.93. The monoisotopic (exact) mass is 444 g/mol. The Labute approximate surface area is 179 Å². The second kappa shape index (κ2) is 12.6. The molecule has 0 fully saturated rings. The van der Waals surface area contributed by atoms with E-state index < -0.39 is 0 Å². The molecule has 0 radical (unpaired) electrons. The minimum absolute atomic E-state index is 0.738. The van der Waals surface area contributed by atoms with Gasteiger partial charge in [-0.3, -0.25) is 0 Å². The number of unbranched alkanes of at least 4 members (excludes halogenated alkanes) is 1. The summed E-state index contributed by atoms with van der Waals surface area (Å²) in [7, 11) is 2.04. The molecule has 0 atom stereocenters. The molecule has 152 valence electrons. The van der Waals surface area contributed by atoms with Gasteiger partial charge in [0.2, 0.25) is 0 Å². The largest absolute Gasteiger partial charge is 0.493 e. The molecule has 0 spiro atoms. The standard InChI is InChI=1S/C24H33BrN2O/c1-4-27(3)19-26-23-18-22(25)24(16-9-8-12-20(23)2)28-17-11-10-15-21-13-6-5-7-14-21/h5-7,13-14,16,18-19H,4,8-12,15,17H2,1-3H3. The first-order valence-electron chi connectivity index (χ1n) is 10.3. The van der Waals surface area contributed by atoms with E-state index in [-0.39, 0.29) is 0 Å². The van der Waals surface area contributed by atoms with Crippen LogP contribution in [0.25, 0.3) is 0 Å². The lowest BCUT2D eigenvalue weighted by molar-refractivity contribution is 0.215. The van der Waals surface area contributed by atoms with E-state index in [4.69, 9.17) is 9.73 Å². The number of aryl methyl sites for hydroxylation is 1. The maximum atomic E-state index is 6.12. The van der Waals surface area contributed by atoms with Crippen LogP contribution in [-0.4, -0.2) is 31.4 Å². The summed E-state index contributed by atoms with van der Waals surface area (Å²) in [6.07, 6.45) is 12.7. The molecule has 0 unspecified atom stereocenters. The zero-order valence-electron chi connectivity index (χ0n) is 17.5. The van der Waals surface area contributed by atoms with Gasteiger partial charge in [-0.2, -0.15) is 0 Å². The fourth-order valence-electron chi connectivity index (χ4n) is 2.92. The molecule has 0 aromatic heterocycles. The molecule has 0 saturated heterocycles. The first-order valence-corrected chi connectivity index (χ1v) is 11.1. The van der Waals surface area contributed by atoms with E-state index in [1.807, 2.05) is 13.4 Å². The summed E-state index contributed by atoms with van der Waals surface area (Å²) < 4.78 is 7.09. The van der Waals surface area contributed by atoms with Gasteiger partial charge in [-0.25, -0.2) is 4.99 Å². The van der Waals surface area contributed by atoms with Gasteiger partial charge in [-0.05, 0) is 91.6 Å². The number of halogens is 1. The Morgan fingerprint density at radius 2 is 2.00 bits per heavy atom. The zero-order chi connectivity index (χ0) is 20.2.